The number of hydrogen-bond donors (Lipinski definition) is 1. The maximum Gasteiger partial charge on any atom is 0.233 e. The number of aromatic nitrogens is 2. The third kappa shape index (κ3) is 4.23. The van der Waals surface area contributed by atoms with Gasteiger partial charge < -0.3 is 5.32 Å². The van der Waals surface area contributed by atoms with Crippen LogP contribution in [-0.2, 0) is 4.79 Å². The Labute approximate surface area is 152 Å². The smallest absolute Gasteiger partial charge is 0.233 e. The molecule has 0 saturated carbocycles. The molecule has 3 aromatic rings. The first kappa shape index (κ1) is 17.5. The van der Waals surface area contributed by atoms with Crippen LogP contribution in [0.15, 0.2) is 66.1 Å². The fourth-order valence-corrected chi connectivity index (χ4v) is 3.69. The van der Waals surface area contributed by atoms with Crippen molar-refractivity contribution in [3.63, 3.8) is 0 Å². The standard InChI is InChI=1S/C20H23N3OS/c1-3-9-18(16-10-5-4-6-11-16)22-19(24)15(2)25-20-21-14-17-12-7-8-13-23(17)20/h4-8,10-15,18H,3,9H2,1-2H3,(H,22,24)/t15-,18+/m1/s1. The van der Waals surface area contributed by atoms with E-state index in [1.165, 1.54) is 11.8 Å². The normalized spacial score (nSPS) is 13.5. The highest BCUT2D eigenvalue weighted by atomic mass is 32.2. The van der Waals surface area contributed by atoms with E-state index < -0.39 is 0 Å². The Morgan fingerprint density at radius 3 is 2.72 bits per heavy atom. The lowest BCUT2D eigenvalue weighted by molar-refractivity contribution is -0.121. The molecule has 0 unspecified atom stereocenters. The van der Waals surface area contributed by atoms with Crippen molar-refractivity contribution in [2.45, 2.75) is 43.1 Å². The molecule has 0 saturated heterocycles. The molecule has 4 nitrogen and oxygen atoms in total. The molecule has 1 N–H and O–H groups in total. The van der Waals surface area contributed by atoms with Crippen LogP contribution in [0, 0.1) is 0 Å². The van der Waals surface area contributed by atoms with Gasteiger partial charge >= 0.3 is 0 Å². The number of pyridine rings is 1. The molecule has 1 amide bonds. The number of nitrogens with zero attached hydrogens (tertiary/aromatic N) is 2. The van der Waals surface area contributed by atoms with Crippen LogP contribution in [-0.4, -0.2) is 20.5 Å². The average Bonchev–Trinajstić information content (AvgIpc) is 3.05. The lowest BCUT2D eigenvalue weighted by Gasteiger charge is -2.20. The number of nitrogens with one attached hydrogen (secondary N) is 1. The van der Waals surface area contributed by atoms with E-state index in [9.17, 15) is 4.79 Å². The third-order valence-corrected chi connectivity index (χ3v) is 5.23. The number of benzene rings is 1. The van der Waals surface area contributed by atoms with Crippen molar-refractivity contribution in [2.24, 2.45) is 0 Å². The van der Waals surface area contributed by atoms with Crippen LogP contribution in [0.4, 0.5) is 0 Å². The largest absolute Gasteiger partial charge is 0.348 e. The van der Waals surface area contributed by atoms with Crippen LogP contribution in [0.2, 0.25) is 0 Å². The molecule has 0 bridgehead atoms. The summed E-state index contributed by atoms with van der Waals surface area (Å²) in [6, 6.07) is 16.2. The van der Waals surface area contributed by atoms with Gasteiger partial charge in [0.2, 0.25) is 5.91 Å². The van der Waals surface area contributed by atoms with Crippen molar-refractivity contribution in [2.75, 3.05) is 0 Å². The minimum atomic E-state index is -0.214. The van der Waals surface area contributed by atoms with Crippen LogP contribution in [0.3, 0.4) is 0 Å². The van der Waals surface area contributed by atoms with E-state index in [0.717, 1.165) is 29.1 Å². The van der Waals surface area contributed by atoms with Gasteiger partial charge in [0.05, 0.1) is 23.0 Å². The highest BCUT2D eigenvalue weighted by Gasteiger charge is 2.21. The Morgan fingerprint density at radius 1 is 1.20 bits per heavy atom. The number of amides is 1. The molecule has 3 rings (SSSR count). The lowest BCUT2D eigenvalue weighted by Crippen LogP contribution is -2.34. The molecule has 0 aliphatic carbocycles. The van der Waals surface area contributed by atoms with Gasteiger partial charge in [-0.05, 0) is 31.0 Å². The first-order chi connectivity index (χ1) is 12.2. The first-order valence-corrected chi connectivity index (χ1v) is 9.51. The number of fused-ring (bicyclic) bond motifs is 1. The summed E-state index contributed by atoms with van der Waals surface area (Å²) >= 11 is 1.48. The molecule has 0 radical (unpaired) electrons. The van der Waals surface area contributed by atoms with Crippen LogP contribution < -0.4 is 5.32 Å². The fraction of sp³-hybridized carbons (Fsp3) is 0.300. The monoisotopic (exact) mass is 353 g/mol. The predicted molar refractivity (Wildman–Crippen MR) is 103 cm³/mol. The molecule has 0 aliphatic rings. The van der Waals surface area contributed by atoms with Crippen molar-refractivity contribution in [1.82, 2.24) is 14.7 Å². The minimum absolute atomic E-state index is 0.0417. The van der Waals surface area contributed by atoms with E-state index >= 15 is 0 Å². The Morgan fingerprint density at radius 2 is 1.96 bits per heavy atom. The topological polar surface area (TPSA) is 46.4 Å². The Bertz CT molecular complexity index is 831. The molecule has 25 heavy (non-hydrogen) atoms. The molecule has 2 heterocycles. The first-order valence-electron chi connectivity index (χ1n) is 8.63. The van der Waals surface area contributed by atoms with Gasteiger partial charge in [-0.1, -0.05) is 61.5 Å². The SMILES string of the molecule is CCC[C@H](NC(=O)[C@@H](C)Sc1ncc2ccccn12)c1ccccc1. The van der Waals surface area contributed by atoms with Crippen LogP contribution in [0.5, 0.6) is 0 Å². The summed E-state index contributed by atoms with van der Waals surface area (Å²) in [7, 11) is 0. The van der Waals surface area contributed by atoms with E-state index in [0.29, 0.717) is 0 Å². The Kier molecular flexibility index (Phi) is 5.76. The number of rotatable bonds is 7. The van der Waals surface area contributed by atoms with Gasteiger partial charge in [0, 0.05) is 6.20 Å². The van der Waals surface area contributed by atoms with Crippen molar-refractivity contribution in [3.8, 4) is 0 Å². The molecule has 0 fully saturated rings. The lowest BCUT2D eigenvalue weighted by atomic mass is 10.0. The molecule has 5 heteroatoms. The highest BCUT2D eigenvalue weighted by Crippen LogP contribution is 2.25. The summed E-state index contributed by atoms with van der Waals surface area (Å²) in [6.07, 6.45) is 5.75. The van der Waals surface area contributed by atoms with E-state index in [1.807, 2.05) is 60.1 Å². The maximum absolute atomic E-state index is 12.7. The Balaban J connectivity index is 1.69. The summed E-state index contributed by atoms with van der Waals surface area (Å²) < 4.78 is 2.01. The van der Waals surface area contributed by atoms with Crippen LogP contribution >= 0.6 is 11.8 Å². The van der Waals surface area contributed by atoms with Crippen LogP contribution in [0.25, 0.3) is 5.52 Å². The summed E-state index contributed by atoms with van der Waals surface area (Å²) in [5.74, 6) is 0.0417. The molecule has 0 aliphatic heterocycles. The van der Waals surface area contributed by atoms with E-state index in [-0.39, 0.29) is 17.2 Å². The predicted octanol–water partition coefficient (Wildman–Crippen LogP) is 4.47. The third-order valence-electron chi connectivity index (χ3n) is 4.15. The van der Waals surface area contributed by atoms with Gasteiger partial charge in [-0.15, -0.1) is 0 Å². The molecule has 2 atom stereocenters. The van der Waals surface area contributed by atoms with Gasteiger partial charge in [0.1, 0.15) is 0 Å². The molecule has 130 valence electrons. The summed E-state index contributed by atoms with van der Waals surface area (Å²) in [5.41, 5.74) is 2.19. The Hall–Kier alpha value is -2.27. The minimum Gasteiger partial charge on any atom is -0.348 e. The highest BCUT2D eigenvalue weighted by molar-refractivity contribution is 8.00. The van der Waals surface area contributed by atoms with Gasteiger partial charge in [0.25, 0.3) is 0 Å². The second-order valence-electron chi connectivity index (χ2n) is 6.06. The van der Waals surface area contributed by atoms with E-state index in [2.05, 4.69) is 29.4 Å². The number of imidazole rings is 1. The van der Waals surface area contributed by atoms with Crippen LogP contribution in [0.1, 0.15) is 38.3 Å². The number of hydrogen-bond acceptors (Lipinski definition) is 3. The van der Waals surface area contributed by atoms with E-state index in [1.54, 1.807) is 0 Å². The zero-order chi connectivity index (χ0) is 17.6. The summed E-state index contributed by atoms with van der Waals surface area (Å²) in [5, 5.41) is 3.82. The quantitative estimate of drug-likeness (QED) is 0.637. The van der Waals surface area contributed by atoms with E-state index in [4.69, 9.17) is 0 Å². The molecular weight excluding hydrogens is 330 g/mol. The molecule has 2 aromatic heterocycles. The average molecular weight is 353 g/mol. The van der Waals surface area contributed by atoms with Gasteiger partial charge in [-0.3, -0.25) is 9.20 Å². The zero-order valence-corrected chi connectivity index (χ0v) is 15.4. The van der Waals surface area contributed by atoms with Gasteiger partial charge in [-0.25, -0.2) is 4.98 Å². The van der Waals surface area contributed by atoms with Crippen molar-refractivity contribution >= 4 is 23.2 Å². The number of carbonyl (C=O) groups excluding carboxylic acids is 1. The maximum atomic E-state index is 12.7. The summed E-state index contributed by atoms with van der Waals surface area (Å²) in [4.78, 5) is 17.1. The van der Waals surface area contributed by atoms with Crippen molar-refractivity contribution in [1.29, 1.82) is 0 Å². The summed E-state index contributed by atoms with van der Waals surface area (Å²) in [6.45, 7) is 4.06. The van der Waals surface area contributed by atoms with Crippen molar-refractivity contribution in [3.05, 3.63) is 66.5 Å². The zero-order valence-electron chi connectivity index (χ0n) is 14.6. The number of carbonyl (C=O) groups is 1. The molecule has 0 spiro atoms. The molecule has 1 aromatic carbocycles. The van der Waals surface area contributed by atoms with Gasteiger partial charge in [-0.2, -0.15) is 0 Å². The number of thioether (sulfide) groups is 1. The molecular formula is C20H23N3OS. The van der Waals surface area contributed by atoms with Gasteiger partial charge in [0.15, 0.2) is 5.16 Å². The second-order valence-corrected chi connectivity index (χ2v) is 7.36. The van der Waals surface area contributed by atoms with Crippen molar-refractivity contribution < 1.29 is 4.79 Å². The second kappa shape index (κ2) is 8.21. The fourth-order valence-electron chi connectivity index (χ4n) is 2.80.